The molecule has 2 aromatic heterocycles. The Morgan fingerprint density at radius 3 is 2.91 bits per heavy atom. The van der Waals surface area contributed by atoms with Crippen molar-refractivity contribution >= 4 is 5.91 Å². The van der Waals surface area contributed by atoms with Gasteiger partial charge in [-0.3, -0.25) is 9.78 Å². The molecule has 0 unspecified atom stereocenters. The average molecular weight is 299 g/mol. The van der Waals surface area contributed by atoms with Crippen molar-refractivity contribution in [3.05, 3.63) is 53.5 Å². The van der Waals surface area contributed by atoms with Crippen molar-refractivity contribution in [3.8, 4) is 5.88 Å². The predicted molar refractivity (Wildman–Crippen MR) is 84.7 cm³/mol. The van der Waals surface area contributed by atoms with E-state index in [1.165, 1.54) is 0 Å². The maximum atomic E-state index is 12.2. The van der Waals surface area contributed by atoms with Gasteiger partial charge >= 0.3 is 0 Å². The molecule has 5 nitrogen and oxygen atoms in total. The van der Waals surface area contributed by atoms with Crippen LogP contribution in [0.3, 0.4) is 0 Å². The van der Waals surface area contributed by atoms with E-state index in [2.05, 4.69) is 22.2 Å². The van der Waals surface area contributed by atoms with Gasteiger partial charge in [0, 0.05) is 24.7 Å². The lowest BCUT2D eigenvalue weighted by Gasteiger charge is -2.17. The molecule has 1 N–H and O–H groups in total. The van der Waals surface area contributed by atoms with E-state index >= 15 is 0 Å². The Labute approximate surface area is 130 Å². The van der Waals surface area contributed by atoms with Crippen LogP contribution in [0.1, 0.15) is 36.6 Å². The number of carbonyl (C=O) groups is 1. The van der Waals surface area contributed by atoms with E-state index < -0.39 is 0 Å². The van der Waals surface area contributed by atoms with Gasteiger partial charge in [0.15, 0.2) is 0 Å². The number of amides is 1. The fourth-order valence-corrected chi connectivity index (χ4v) is 2.38. The maximum Gasteiger partial charge on any atom is 0.224 e. The lowest BCUT2D eigenvalue weighted by Crippen LogP contribution is -2.28. The summed E-state index contributed by atoms with van der Waals surface area (Å²) in [6.45, 7) is 4.07. The van der Waals surface area contributed by atoms with Crippen LogP contribution in [-0.2, 0) is 17.6 Å². The van der Waals surface area contributed by atoms with Gasteiger partial charge in [-0.25, -0.2) is 4.98 Å². The quantitative estimate of drug-likeness (QED) is 0.890. The molecule has 0 radical (unpaired) electrons. The predicted octanol–water partition coefficient (Wildman–Crippen LogP) is 2.47. The Kier molecular flexibility index (Phi) is 5.47. The monoisotopic (exact) mass is 299 g/mol. The molecule has 2 heterocycles. The van der Waals surface area contributed by atoms with Gasteiger partial charge in [0.1, 0.15) is 0 Å². The molecule has 0 aromatic carbocycles. The molecular weight excluding hydrogens is 278 g/mol. The second-order valence-corrected chi connectivity index (χ2v) is 5.10. The number of nitrogens with zero attached hydrogens (tertiary/aromatic N) is 2. The van der Waals surface area contributed by atoms with Gasteiger partial charge in [-0.1, -0.05) is 6.92 Å². The standard InChI is InChI=1S/C17H21N3O2/c1-4-14-11-18-7-6-15(14)12(2)20-16(21)9-13-5-8-19-17(10-13)22-3/h5-8,10-12H,4,9H2,1-3H3,(H,20,21)/t12-/m0/s1. The average Bonchev–Trinajstić information content (AvgIpc) is 2.54. The van der Waals surface area contributed by atoms with E-state index in [1.54, 1.807) is 25.6 Å². The van der Waals surface area contributed by atoms with Crippen LogP contribution in [0.15, 0.2) is 36.8 Å². The molecule has 0 spiro atoms. The van der Waals surface area contributed by atoms with Crippen LogP contribution in [0.4, 0.5) is 0 Å². The third-order valence-electron chi connectivity index (χ3n) is 3.54. The zero-order valence-corrected chi connectivity index (χ0v) is 13.2. The molecule has 2 aromatic rings. The Morgan fingerprint density at radius 2 is 2.18 bits per heavy atom. The van der Waals surface area contributed by atoms with E-state index in [0.717, 1.165) is 23.1 Å². The Bertz CT molecular complexity index is 643. The van der Waals surface area contributed by atoms with Crippen molar-refractivity contribution in [2.45, 2.75) is 32.7 Å². The van der Waals surface area contributed by atoms with Gasteiger partial charge in [-0.2, -0.15) is 0 Å². The molecule has 116 valence electrons. The zero-order valence-electron chi connectivity index (χ0n) is 13.2. The highest BCUT2D eigenvalue weighted by atomic mass is 16.5. The minimum absolute atomic E-state index is 0.0281. The van der Waals surface area contributed by atoms with Gasteiger partial charge in [0.05, 0.1) is 19.6 Å². The molecule has 0 saturated heterocycles. The number of rotatable bonds is 6. The number of hydrogen-bond donors (Lipinski definition) is 1. The van der Waals surface area contributed by atoms with Gasteiger partial charge in [0.25, 0.3) is 0 Å². The summed E-state index contributed by atoms with van der Waals surface area (Å²) < 4.78 is 5.07. The molecule has 0 saturated carbocycles. The highest BCUT2D eigenvalue weighted by molar-refractivity contribution is 5.79. The van der Waals surface area contributed by atoms with E-state index in [4.69, 9.17) is 4.74 Å². The third-order valence-corrected chi connectivity index (χ3v) is 3.54. The summed E-state index contributed by atoms with van der Waals surface area (Å²) in [5, 5.41) is 3.03. The summed E-state index contributed by atoms with van der Waals surface area (Å²) in [5.74, 6) is 0.486. The Hall–Kier alpha value is -2.43. The summed E-state index contributed by atoms with van der Waals surface area (Å²) in [6.07, 6.45) is 6.44. The Balaban J connectivity index is 2.02. The minimum atomic E-state index is -0.0471. The van der Waals surface area contributed by atoms with E-state index in [9.17, 15) is 4.79 Å². The summed E-state index contributed by atoms with van der Waals surface area (Å²) in [5.41, 5.74) is 3.14. The SMILES string of the molecule is CCc1cnccc1[C@H](C)NC(=O)Cc1ccnc(OC)c1. The Morgan fingerprint density at radius 1 is 1.36 bits per heavy atom. The molecule has 0 fully saturated rings. The number of aryl methyl sites for hydroxylation is 1. The third kappa shape index (κ3) is 4.04. The largest absolute Gasteiger partial charge is 0.481 e. The topological polar surface area (TPSA) is 64.1 Å². The fourth-order valence-electron chi connectivity index (χ4n) is 2.38. The van der Waals surface area contributed by atoms with Crippen LogP contribution in [0, 0.1) is 0 Å². The van der Waals surface area contributed by atoms with E-state index in [-0.39, 0.29) is 11.9 Å². The molecule has 0 bridgehead atoms. The van der Waals surface area contributed by atoms with Crippen molar-refractivity contribution in [1.82, 2.24) is 15.3 Å². The number of ether oxygens (including phenoxy) is 1. The first-order chi connectivity index (χ1) is 10.6. The van der Waals surface area contributed by atoms with Crippen LogP contribution in [0.2, 0.25) is 0 Å². The van der Waals surface area contributed by atoms with Crippen LogP contribution in [-0.4, -0.2) is 23.0 Å². The van der Waals surface area contributed by atoms with Crippen LogP contribution in [0.25, 0.3) is 0 Å². The number of methoxy groups -OCH3 is 1. The van der Waals surface area contributed by atoms with Gasteiger partial charge in [0.2, 0.25) is 11.8 Å². The van der Waals surface area contributed by atoms with Crippen LogP contribution in [0.5, 0.6) is 5.88 Å². The number of hydrogen-bond acceptors (Lipinski definition) is 4. The molecule has 1 amide bonds. The van der Waals surface area contributed by atoms with Crippen molar-refractivity contribution < 1.29 is 9.53 Å². The molecule has 2 rings (SSSR count). The molecule has 22 heavy (non-hydrogen) atoms. The second kappa shape index (κ2) is 7.54. The second-order valence-electron chi connectivity index (χ2n) is 5.10. The molecule has 0 aliphatic carbocycles. The minimum Gasteiger partial charge on any atom is -0.481 e. The first-order valence-electron chi connectivity index (χ1n) is 7.35. The highest BCUT2D eigenvalue weighted by Crippen LogP contribution is 2.17. The summed E-state index contributed by atoms with van der Waals surface area (Å²) in [4.78, 5) is 20.4. The number of aromatic nitrogens is 2. The van der Waals surface area contributed by atoms with Crippen LogP contribution >= 0.6 is 0 Å². The van der Waals surface area contributed by atoms with E-state index in [1.807, 2.05) is 25.3 Å². The van der Waals surface area contributed by atoms with Crippen molar-refractivity contribution in [1.29, 1.82) is 0 Å². The zero-order chi connectivity index (χ0) is 15.9. The van der Waals surface area contributed by atoms with Crippen molar-refractivity contribution in [3.63, 3.8) is 0 Å². The van der Waals surface area contributed by atoms with Gasteiger partial charge in [-0.05, 0) is 42.2 Å². The fraction of sp³-hybridized carbons (Fsp3) is 0.353. The summed E-state index contributed by atoms with van der Waals surface area (Å²) in [7, 11) is 1.56. The molecule has 5 heteroatoms. The number of carbonyl (C=O) groups excluding carboxylic acids is 1. The van der Waals surface area contributed by atoms with E-state index in [0.29, 0.717) is 12.3 Å². The lowest BCUT2D eigenvalue weighted by molar-refractivity contribution is -0.121. The van der Waals surface area contributed by atoms with Gasteiger partial charge < -0.3 is 10.1 Å². The lowest BCUT2D eigenvalue weighted by atomic mass is 10.0. The van der Waals surface area contributed by atoms with Crippen molar-refractivity contribution in [2.24, 2.45) is 0 Å². The number of pyridine rings is 2. The smallest absolute Gasteiger partial charge is 0.224 e. The molecule has 0 aliphatic rings. The summed E-state index contributed by atoms with van der Waals surface area (Å²) in [6, 6.07) is 5.50. The first kappa shape index (κ1) is 15.9. The highest BCUT2D eigenvalue weighted by Gasteiger charge is 2.13. The maximum absolute atomic E-state index is 12.2. The molecule has 1 atom stereocenters. The normalized spacial score (nSPS) is 11.8. The molecular formula is C17H21N3O2. The number of nitrogens with one attached hydrogen (secondary N) is 1. The van der Waals surface area contributed by atoms with Gasteiger partial charge in [-0.15, -0.1) is 0 Å². The summed E-state index contributed by atoms with van der Waals surface area (Å²) >= 11 is 0. The first-order valence-corrected chi connectivity index (χ1v) is 7.35. The van der Waals surface area contributed by atoms with Crippen LogP contribution < -0.4 is 10.1 Å². The van der Waals surface area contributed by atoms with Crippen molar-refractivity contribution in [2.75, 3.05) is 7.11 Å². The molecule has 0 aliphatic heterocycles.